The van der Waals surface area contributed by atoms with Gasteiger partial charge in [-0.05, 0) is 31.4 Å². The summed E-state index contributed by atoms with van der Waals surface area (Å²) >= 11 is 7.75. The van der Waals surface area contributed by atoms with Gasteiger partial charge < -0.3 is 10.6 Å². The van der Waals surface area contributed by atoms with Crippen molar-refractivity contribution >= 4 is 35.1 Å². The Morgan fingerprint density at radius 1 is 1.61 bits per heavy atom. The summed E-state index contributed by atoms with van der Waals surface area (Å²) in [6, 6.07) is 1.77. The van der Waals surface area contributed by atoms with Crippen LogP contribution >= 0.6 is 23.4 Å². The fraction of sp³-hybridized carbons (Fsp3) is 0.500. The molecule has 0 spiro atoms. The molecule has 6 heteroatoms. The lowest BCUT2D eigenvalue weighted by atomic mass is 10.2. The number of amides is 1. The first kappa shape index (κ1) is 15.1. The van der Waals surface area contributed by atoms with Gasteiger partial charge in [0, 0.05) is 19.3 Å². The van der Waals surface area contributed by atoms with Crippen LogP contribution in [0.15, 0.2) is 12.3 Å². The molecule has 100 valence electrons. The zero-order chi connectivity index (χ0) is 13.5. The predicted molar refractivity (Wildman–Crippen MR) is 78.7 cm³/mol. The van der Waals surface area contributed by atoms with Gasteiger partial charge in [0.25, 0.3) is 5.91 Å². The molecule has 1 amide bonds. The number of nitrogens with zero attached hydrogens (tertiary/aromatic N) is 1. The minimum atomic E-state index is -0.138. The van der Waals surface area contributed by atoms with Crippen molar-refractivity contribution in [2.45, 2.75) is 19.4 Å². The van der Waals surface area contributed by atoms with E-state index in [4.69, 9.17) is 11.6 Å². The van der Waals surface area contributed by atoms with E-state index in [0.29, 0.717) is 16.4 Å². The Hall–Kier alpha value is -0.940. The number of hydrogen-bond donors (Lipinski definition) is 2. The van der Waals surface area contributed by atoms with Crippen LogP contribution < -0.4 is 10.6 Å². The van der Waals surface area contributed by atoms with Gasteiger partial charge in [0.15, 0.2) is 0 Å². The van der Waals surface area contributed by atoms with Gasteiger partial charge in [0.2, 0.25) is 0 Å². The van der Waals surface area contributed by atoms with Gasteiger partial charge >= 0.3 is 0 Å². The smallest absolute Gasteiger partial charge is 0.253 e. The Labute approximate surface area is 117 Å². The van der Waals surface area contributed by atoms with Gasteiger partial charge in [-0.2, -0.15) is 11.8 Å². The fourth-order valence-electron chi connectivity index (χ4n) is 1.42. The molecule has 1 unspecified atom stereocenters. The van der Waals surface area contributed by atoms with Crippen LogP contribution in [0.4, 0.5) is 5.82 Å². The van der Waals surface area contributed by atoms with Crippen LogP contribution in [0.2, 0.25) is 5.02 Å². The van der Waals surface area contributed by atoms with E-state index in [0.717, 1.165) is 12.2 Å². The Kier molecular flexibility index (Phi) is 6.29. The van der Waals surface area contributed by atoms with E-state index in [9.17, 15) is 4.79 Å². The molecule has 1 heterocycles. The molecule has 1 rings (SSSR count). The molecule has 0 saturated heterocycles. The minimum Gasteiger partial charge on any atom is -0.372 e. The first-order chi connectivity index (χ1) is 8.58. The highest BCUT2D eigenvalue weighted by Crippen LogP contribution is 2.19. The number of halogens is 1. The number of rotatable bonds is 6. The van der Waals surface area contributed by atoms with E-state index in [1.54, 1.807) is 24.9 Å². The standard InChI is InChI=1S/C12H18ClN3OS/c1-8(4-5-18-3)16-12(17)9-6-10(13)11(14-2)15-7-9/h6-8H,4-5H2,1-3H3,(H,14,15)(H,16,17). The maximum atomic E-state index is 11.9. The van der Waals surface area contributed by atoms with Gasteiger partial charge in [-0.1, -0.05) is 11.6 Å². The molecule has 1 aromatic heterocycles. The van der Waals surface area contributed by atoms with Crippen LogP contribution in [-0.4, -0.2) is 36.0 Å². The molecule has 1 aromatic rings. The fourth-order valence-corrected chi connectivity index (χ4v) is 2.27. The first-order valence-electron chi connectivity index (χ1n) is 5.71. The monoisotopic (exact) mass is 287 g/mol. The van der Waals surface area contributed by atoms with E-state index in [-0.39, 0.29) is 11.9 Å². The normalized spacial score (nSPS) is 12.0. The van der Waals surface area contributed by atoms with Crippen LogP contribution in [0.5, 0.6) is 0 Å². The molecule has 2 N–H and O–H groups in total. The molecular weight excluding hydrogens is 270 g/mol. The Balaban J connectivity index is 2.64. The van der Waals surface area contributed by atoms with Gasteiger partial charge in [0.05, 0.1) is 10.6 Å². The Morgan fingerprint density at radius 2 is 2.33 bits per heavy atom. The summed E-state index contributed by atoms with van der Waals surface area (Å²) in [5, 5.41) is 6.22. The number of anilines is 1. The predicted octanol–water partition coefficient (Wildman–Crippen LogP) is 2.65. The highest BCUT2D eigenvalue weighted by atomic mass is 35.5. The summed E-state index contributed by atoms with van der Waals surface area (Å²) < 4.78 is 0. The van der Waals surface area contributed by atoms with Crippen molar-refractivity contribution in [3.63, 3.8) is 0 Å². The molecular formula is C12H18ClN3OS. The zero-order valence-electron chi connectivity index (χ0n) is 10.8. The summed E-state index contributed by atoms with van der Waals surface area (Å²) in [6.45, 7) is 1.99. The van der Waals surface area contributed by atoms with Crippen LogP contribution in [0.25, 0.3) is 0 Å². The number of carbonyl (C=O) groups excluding carboxylic acids is 1. The second-order valence-electron chi connectivity index (χ2n) is 3.96. The maximum absolute atomic E-state index is 11.9. The number of pyridine rings is 1. The van der Waals surface area contributed by atoms with E-state index in [1.165, 1.54) is 6.20 Å². The van der Waals surface area contributed by atoms with Gasteiger partial charge in [-0.15, -0.1) is 0 Å². The Bertz CT molecular complexity index is 414. The van der Waals surface area contributed by atoms with Crippen molar-refractivity contribution in [3.05, 3.63) is 22.8 Å². The highest BCUT2D eigenvalue weighted by Gasteiger charge is 2.11. The molecule has 0 aliphatic rings. The second kappa shape index (κ2) is 7.48. The molecule has 0 fully saturated rings. The number of nitrogens with one attached hydrogen (secondary N) is 2. The lowest BCUT2D eigenvalue weighted by Gasteiger charge is -2.13. The lowest BCUT2D eigenvalue weighted by molar-refractivity contribution is 0.0939. The molecule has 18 heavy (non-hydrogen) atoms. The van der Waals surface area contributed by atoms with Gasteiger partial charge in [-0.25, -0.2) is 4.98 Å². The van der Waals surface area contributed by atoms with Crippen molar-refractivity contribution < 1.29 is 4.79 Å². The second-order valence-corrected chi connectivity index (χ2v) is 5.35. The number of thioether (sulfide) groups is 1. The van der Waals surface area contributed by atoms with Crippen molar-refractivity contribution in [1.82, 2.24) is 10.3 Å². The van der Waals surface area contributed by atoms with Crippen LogP contribution in [0.1, 0.15) is 23.7 Å². The number of hydrogen-bond acceptors (Lipinski definition) is 4. The van der Waals surface area contributed by atoms with Gasteiger partial charge in [0.1, 0.15) is 5.82 Å². The molecule has 1 atom stereocenters. The molecule has 0 saturated carbocycles. The van der Waals surface area contributed by atoms with Crippen LogP contribution in [0.3, 0.4) is 0 Å². The van der Waals surface area contributed by atoms with Crippen molar-refractivity contribution in [1.29, 1.82) is 0 Å². The Morgan fingerprint density at radius 3 is 2.89 bits per heavy atom. The third-order valence-corrected chi connectivity index (χ3v) is 3.40. The van der Waals surface area contributed by atoms with E-state index in [2.05, 4.69) is 21.9 Å². The van der Waals surface area contributed by atoms with E-state index >= 15 is 0 Å². The molecule has 0 radical (unpaired) electrons. The summed E-state index contributed by atoms with van der Waals surface area (Å²) in [6.07, 6.45) is 4.52. The van der Waals surface area contributed by atoms with E-state index in [1.807, 2.05) is 6.92 Å². The van der Waals surface area contributed by atoms with Crippen LogP contribution in [-0.2, 0) is 0 Å². The molecule has 0 aliphatic heterocycles. The average Bonchev–Trinajstić information content (AvgIpc) is 2.36. The third kappa shape index (κ3) is 4.38. The molecule has 0 aromatic carbocycles. The maximum Gasteiger partial charge on any atom is 0.253 e. The SMILES string of the molecule is CNc1ncc(C(=O)NC(C)CCSC)cc1Cl. The van der Waals surface area contributed by atoms with Crippen molar-refractivity contribution in [2.75, 3.05) is 24.4 Å². The van der Waals surface area contributed by atoms with Crippen molar-refractivity contribution in [2.24, 2.45) is 0 Å². The zero-order valence-corrected chi connectivity index (χ0v) is 12.4. The highest BCUT2D eigenvalue weighted by molar-refractivity contribution is 7.98. The third-order valence-electron chi connectivity index (χ3n) is 2.47. The average molecular weight is 288 g/mol. The van der Waals surface area contributed by atoms with Crippen molar-refractivity contribution in [3.8, 4) is 0 Å². The van der Waals surface area contributed by atoms with Gasteiger partial charge in [-0.3, -0.25) is 4.79 Å². The minimum absolute atomic E-state index is 0.138. The topological polar surface area (TPSA) is 54.0 Å². The molecule has 0 bridgehead atoms. The summed E-state index contributed by atoms with van der Waals surface area (Å²) in [7, 11) is 1.73. The molecule has 0 aliphatic carbocycles. The first-order valence-corrected chi connectivity index (χ1v) is 7.48. The molecule has 4 nitrogen and oxygen atoms in total. The van der Waals surface area contributed by atoms with E-state index < -0.39 is 0 Å². The number of carbonyl (C=O) groups is 1. The lowest BCUT2D eigenvalue weighted by Crippen LogP contribution is -2.33. The van der Waals surface area contributed by atoms with Crippen LogP contribution in [0, 0.1) is 0 Å². The quantitative estimate of drug-likeness (QED) is 0.845. The largest absolute Gasteiger partial charge is 0.372 e. The number of aromatic nitrogens is 1. The summed E-state index contributed by atoms with van der Waals surface area (Å²) in [5.41, 5.74) is 0.481. The summed E-state index contributed by atoms with van der Waals surface area (Å²) in [4.78, 5) is 16.0. The summed E-state index contributed by atoms with van der Waals surface area (Å²) in [5.74, 6) is 1.46.